The SMILES string of the molecule is Cc1cc(Cc2ccc(C(=O)NCC(=O)N3[C@H](c4ccccc4)[C@@H](C)C[C@@H]3C(C)(C)O)cc2C)c(=O)[nH]n1. The molecule has 0 bridgehead atoms. The molecule has 0 radical (unpaired) electrons. The van der Waals surface area contributed by atoms with Crippen molar-refractivity contribution in [2.75, 3.05) is 6.54 Å². The Kier molecular flexibility index (Phi) is 7.83. The van der Waals surface area contributed by atoms with Gasteiger partial charge < -0.3 is 15.3 Å². The highest BCUT2D eigenvalue weighted by molar-refractivity contribution is 5.96. The summed E-state index contributed by atoms with van der Waals surface area (Å²) in [5, 5.41) is 20.0. The number of aryl methyl sites for hydroxylation is 2. The zero-order valence-electron chi connectivity index (χ0n) is 22.6. The fraction of sp³-hybridized carbons (Fsp3) is 0.400. The molecule has 3 aromatic rings. The second-order valence-corrected chi connectivity index (χ2v) is 10.9. The summed E-state index contributed by atoms with van der Waals surface area (Å²) in [5.74, 6) is -0.432. The van der Waals surface area contributed by atoms with E-state index in [1.807, 2.05) is 50.2 Å². The Balaban J connectivity index is 1.48. The number of H-pyrrole nitrogens is 1. The lowest BCUT2D eigenvalue weighted by Crippen LogP contribution is -2.51. The predicted molar refractivity (Wildman–Crippen MR) is 146 cm³/mol. The molecule has 2 aromatic carbocycles. The number of nitrogens with zero attached hydrogens (tertiary/aromatic N) is 2. The number of hydrogen-bond acceptors (Lipinski definition) is 5. The molecule has 0 unspecified atom stereocenters. The van der Waals surface area contributed by atoms with Crippen LogP contribution < -0.4 is 10.9 Å². The van der Waals surface area contributed by atoms with Crippen LogP contribution in [-0.4, -0.2) is 50.2 Å². The molecule has 2 heterocycles. The number of carbonyl (C=O) groups excluding carboxylic acids is 2. The molecule has 1 aliphatic rings. The van der Waals surface area contributed by atoms with Crippen LogP contribution in [0.5, 0.6) is 0 Å². The quantitative estimate of drug-likeness (QED) is 0.445. The van der Waals surface area contributed by atoms with Gasteiger partial charge in [0.1, 0.15) is 0 Å². The van der Waals surface area contributed by atoms with Crippen molar-refractivity contribution in [1.82, 2.24) is 20.4 Å². The zero-order chi connectivity index (χ0) is 27.6. The topological polar surface area (TPSA) is 115 Å². The van der Waals surface area contributed by atoms with Crippen LogP contribution in [0.1, 0.15) is 71.5 Å². The van der Waals surface area contributed by atoms with Crippen molar-refractivity contribution in [3.63, 3.8) is 0 Å². The van der Waals surface area contributed by atoms with Gasteiger partial charge in [0.25, 0.3) is 11.5 Å². The van der Waals surface area contributed by atoms with E-state index in [0.717, 1.165) is 22.4 Å². The fourth-order valence-corrected chi connectivity index (χ4v) is 5.44. The van der Waals surface area contributed by atoms with Crippen LogP contribution in [0.3, 0.4) is 0 Å². The summed E-state index contributed by atoms with van der Waals surface area (Å²) >= 11 is 0. The normalized spacial score (nSPS) is 19.4. The summed E-state index contributed by atoms with van der Waals surface area (Å²) in [6.45, 7) is 9.07. The molecule has 1 aliphatic heterocycles. The molecule has 200 valence electrons. The number of benzene rings is 2. The van der Waals surface area contributed by atoms with Crippen molar-refractivity contribution >= 4 is 11.8 Å². The smallest absolute Gasteiger partial charge is 0.267 e. The van der Waals surface area contributed by atoms with E-state index in [1.54, 1.807) is 36.9 Å². The average Bonchev–Trinajstić information content (AvgIpc) is 3.24. The van der Waals surface area contributed by atoms with Gasteiger partial charge in [0.15, 0.2) is 0 Å². The molecule has 8 nitrogen and oxygen atoms in total. The summed E-state index contributed by atoms with van der Waals surface area (Å²) in [5.41, 5.74) is 3.28. The number of rotatable bonds is 7. The van der Waals surface area contributed by atoms with Crippen LogP contribution >= 0.6 is 0 Å². The van der Waals surface area contributed by atoms with Gasteiger partial charge in [0.2, 0.25) is 5.91 Å². The largest absolute Gasteiger partial charge is 0.388 e. The van der Waals surface area contributed by atoms with Crippen molar-refractivity contribution in [1.29, 1.82) is 0 Å². The Hall–Kier alpha value is -3.78. The summed E-state index contributed by atoms with van der Waals surface area (Å²) in [7, 11) is 0. The summed E-state index contributed by atoms with van der Waals surface area (Å²) in [6, 6.07) is 16.3. The molecule has 1 aromatic heterocycles. The Labute approximate surface area is 223 Å². The first-order valence-electron chi connectivity index (χ1n) is 13.0. The highest BCUT2D eigenvalue weighted by Crippen LogP contribution is 2.44. The predicted octanol–water partition coefficient (Wildman–Crippen LogP) is 3.46. The number of likely N-dealkylation sites (tertiary alicyclic amines) is 1. The molecule has 3 atom stereocenters. The first-order valence-corrected chi connectivity index (χ1v) is 13.0. The Morgan fingerprint density at radius 2 is 1.82 bits per heavy atom. The Morgan fingerprint density at radius 3 is 2.47 bits per heavy atom. The summed E-state index contributed by atoms with van der Waals surface area (Å²) in [4.78, 5) is 40.4. The highest BCUT2D eigenvalue weighted by atomic mass is 16.3. The van der Waals surface area contributed by atoms with Crippen LogP contribution in [0.4, 0.5) is 0 Å². The first-order chi connectivity index (χ1) is 18.0. The maximum Gasteiger partial charge on any atom is 0.267 e. The molecule has 1 saturated heterocycles. The van der Waals surface area contributed by atoms with Crippen LogP contribution in [0.25, 0.3) is 0 Å². The van der Waals surface area contributed by atoms with Gasteiger partial charge in [-0.05, 0) is 74.9 Å². The second-order valence-electron chi connectivity index (χ2n) is 10.9. The Bertz CT molecular complexity index is 1380. The molecular weight excluding hydrogens is 480 g/mol. The number of amides is 2. The van der Waals surface area contributed by atoms with E-state index in [1.165, 1.54) is 0 Å². The summed E-state index contributed by atoms with van der Waals surface area (Å²) in [6.07, 6.45) is 1.10. The van der Waals surface area contributed by atoms with Crippen LogP contribution in [-0.2, 0) is 11.2 Å². The lowest BCUT2D eigenvalue weighted by Gasteiger charge is -2.37. The molecule has 4 rings (SSSR count). The van der Waals surface area contributed by atoms with Gasteiger partial charge in [-0.15, -0.1) is 0 Å². The molecule has 0 saturated carbocycles. The fourth-order valence-electron chi connectivity index (χ4n) is 5.44. The Morgan fingerprint density at radius 1 is 1.11 bits per heavy atom. The average molecular weight is 517 g/mol. The molecule has 1 fully saturated rings. The third-order valence-electron chi connectivity index (χ3n) is 7.41. The van der Waals surface area contributed by atoms with E-state index >= 15 is 0 Å². The highest BCUT2D eigenvalue weighted by Gasteiger charge is 2.47. The molecule has 2 amide bonds. The maximum absolute atomic E-state index is 13.5. The van der Waals surface area contributed by atoms with E-state index in [-0.39, 0.29) is 41.9 Å². The van der Waals surface area contributed by atoms with Gasteiger partial charge in [-0.1, -0.05) is 43.3 Å². The number of hydrogen-bond donors (Lipinski definition) is 3. The standard InChI is InChI=1S/C30H36N4O4/c1-18-13-23(12-11-22(18)16-24-15-20(3)32-33-29(24)37)28(36)31-17-26(35)34-25(30(4,5)38)14-19(2)27(34)21-9-7-6-8-10-21/h6-13,15,19,25,27,38H,14,16-17H2,1-5H3,(H,31,36)(H,33,37)/t19-,25+,27-/m0/s1. The molecular formula is C30H36N4O4. The molecule has 3 N–H and O–H groups in total. The van der Waals surface area contributed by atoms with E-state index in [2.05, 4.69) is 22.4 Å². The van der Waals surface area contributed by atoms with Crippen LogP contribution in [0, 0.1) is 19.8 Å². The number of nitrogens with one attached hydrogen (secondary N) is 2. The van der Waals surface area contributed by atoms with Crippen molar-refractivity contribution in [2.45, 2.75) is 65.1 Å². The molecule has 8 heteroatoms. The summed E-state index contributed by atoms with van der Waals surface area (Å²) < 4.78 is 0. The zero-order valence-corrected chi connectivity index (χ0v) is 22.6. The minimum absolute atomic E-state index is 0.153. The monoisotopic (exact) mass is 516 g/mol. The van der Waals surface area contributed by atoms with E-state index < -0.39 is 5.60 Å². The number of aliphatic hydroxyl groups is 1. The van der Waals surface area contributed by atoms with Crippen molar-refractivity contribution in [3.05, 3.63) is 98.5 Å². The van der Waals surface area contributed by atoms with Gasteiger partial charge in [0, 0.05) is 17.5 Å². The number of carbonyl (C=O) groups is 2. The molecule has 0 spiro atoms. The first kappa shape index (κ1) is 27.3. The van der Waals surface area contributed by atoms with E-state index in [4.69, 9.17) is 0 Å². The van der Waals surface area contributed by atoms with Gasteiger partial charge in [-0.25, -0.2) is 5.10 Å². The lowest BCUT2D eigenvalue weighted by molar-refractivity contribution is -0.138. The van der Waals surface area contributed by atoms with Crippen molar-refractivity contribution in [2.24, 2.45) is 5.92 Å². The van der Waals surface area contributed by atoms with Crippen molar-refractivity contribution in [3.8, 4) is 0 Å². The van der Waals surface area contributed by atoms with Crippen LogP contribution in [0.15, 0.2) is 59.4 Å². The molecule has 0 aliphatic carbocycles. The van der Waals surface area contributed by atoms with E-state index in [0.29, 0.717) is 24.0 Å². The van der Waals surface area contributed by atoms with Gasteiger partial charge in [-0.2, -0.15) is 5.10 Å². The van der Waals surface area contributed by atoms with Crippen molar-refractivity contribution < 1.29 is 14.7 Å². The third-order valence-corrected chi connectivity index (χ3v) is 7.41. The number of aromatic nitrogens is 2. The molecule has 38 heavy (non-hydrogen) atoms. The second kappa shape index (κ2) is 10.9. The van der Waals surface area contributed by atoms with Gasteiger partial charge in [0.05, 0.1) is 29.9 Å². The lowest BCUT2D eigenvalue weighted by atomic mass is 9.92. The maximum atomic E-state index is 13.5. The number of aromatic amines is 1. The van der Waals surface area contributed by atoms with Gasteiger partial charge >= 0.3 is 0 Å². The third kappa shape index (κ3) is 5.86. The van der Waals surface area contributed by atoms with Crippen LogP contribution in [0.2, 0.25) is 0 Å². The minimum atomic E-state index is -1.08. The van der Waals surface area contributed by atoms with E-state index in [9.17, 15) is 19.5 Å². The van der Waals surface area contributed by atoms with Gasteiger partial charge in [-0.3, -0.25) is 14.4 Å². The minimum Gasteiger partial charge on any atom is -0.388 e.